The molecule has 2 aliphatic rings. The molecule has 0 radical (unpaired) electrons. The van der Waals surface area contributed by atoms with Crippen LogP contribution >= 0.6 is 46.4 Å². The van der Waals surface area contributed by atoms with E-state index in [1.807, 2.05) is 0 Å². The number of carbonyl (C=O) groups excluding carboxylic acids is 3. The summed E-state index contributed by atoms with van der Waals surface area (Å²) in [6.45, 7) is 0. The van der Waals surface area contributed by atoms with Crippen molar-refractivity contribution in [2.24, 2.45) is 0 Å². The molecule has 3 aromatic carbocycles. The van der Waals surface area contributed by atoms with Gasteiger partial charge in [-0.3, -0.25) is 19.3 Å². The minimum Gasteiger partial charge on any atom is -0.497 e. The predicted molar refractivity (Wildman–Crippen MR) is 142 cm³/mol. The fourth-order valence-electron chi connectivity index (χ4n) is 4.84. The molecule has 0 bridgehead atoms. The van der Waals surface area contributed by atoms with Crippen molar-refractivity contribution in [1.29, 1.82) is 0 Å². The van der Waals surface area contributed by atoms with Crippen molar-refractivity contribution in [3.63, 3.8) is 0 Å². The molecule has 0 unspecified atom stereocenters. The maximum Gasteiger partial charge on any atom is 0.416 e. The fraction of sp³-hybridized carbons (Fsp3) is 0.192. The van der Waals surface area contributed by atoms with E-state index in [2.05, 4.69) is 0 Å². The predicted octanol–water partition coefficient (Wildman–Crippen LogP) is 7.09. The Kier molecular flexibility index (Phi) is 7.11. The van der Waals surface area contributed by atoms with Gasteiger partial charge in [-0.2, -0.15) is 13.2 Å². The highest BCUT2D eigenvalue weighted by atomic mass is 35.5. The second-order valence-corrected chi connectivity index (χ2v) is 10.3. The van der Waals surface area contributed by atoms with Crippen LogP contribution < -0.4 is 14.4 Å². The van der Waals surface area contributed by atoms with Gasteiger partial charge in [0.2, 0.25) is 0 Å². The molecule has 2 aliphatic heterocycles. The van der Waals surface area contributed by atoms with E-state index in [1.165, 1.54) is 32.4 Å². The lowest BCUT2D eigenvalue weighted by atomic mass is 9.85. The number of halogens is 7. The lowest BCUT2D eigenvalue weighted by molar-refractivity contribution is -0.137. The summed E-state index contributed by atoms with van der Waals surface area (Å²) in [6, 6.07) is 5.97. The second kappa shape index (κ2) is 10.0. The number of carbonyl (C=O) groups is 3. The van der Waals surface area contributed by atoms with Crippen LogP contribution in [0.25, 0.3) is 0 Å². The molecule has 1 saturated heterocycles. The first-order valence-corrected chi connectivity index (χ1v) is 12.8. The smallest absolute Gasteiger partial charge is 0.416 e. The van der Waals surface area contributed by atoms with Crippen LogP contribution in [0, 0.1) is 0 Å². The van der Waals surface area contributed by atoms with Crippen LogP contribution in [0.4, 0.5) is 18.9 Å². The van der Waals surface area contributed by atoms with Crippen LogP contribution in [0.2, 0.25) is 20.1 Å². The molecule has 0 N–H and O–H groups in total. The van der Waals surface area contributed by atoms with Gasteiger partial charge in [0.05, 0.1) is 57.0 Å². The van der Waals surface area contributed by atoms with Gasteiger partial charge in [0.15, 0.2) is 0 Å². The van der Waals surface area contributed by atoms with Crippen molar-refractivity contribution in [3.05, 3.63) is 84.8 Å². The van der Waals surface area contributed by atoms with Gasteiger partial charge >= 0.3 is 6.18 Å². The van der Waals surface area contributed by atoms with Crippen LogP contribution in [-0.2, 0) is 11.0 Å². The normalized spacial score (nSPS) is 18.7. The Morgan fingerprint density at radius 1 is 0.750 bits per heavy atom. The van der Waals surface area contributed by atoms with E-state index < -0.39 is 41.5 Å². The lowest BCUT2D eigenvalue weighted by Crippen LogP contribution is -2.67. The maximum absolute atomic E-state index is 13.7. The second-order valence-electron chi connectivity index (χ2n) is 8.74. The first kappa shape index (κ1) is 28.4. The number of imide groups is 1. The summed E-state index contributed by atoms with van der Waals surface area (Å²) in [5, 5.41) is -1.17. The number of ether oxygens (including phenoxy) is 2. The number of benzene rings is 3. The Hall–Kier alpha value is -3.18. The molecule has 14 heteroatoms. The number of methoxy groups -OCH3 is 2. The number of amides is 3. The number of hydrogen-bond acceptors (Lipinski definition) is 5. The Bertz CT molecular complexity index is 1570. The highest BCUT2D eigenvalue weighted by Gasteiger charge is 2.59. The SMILES string of the molecule is COc1ccc(OC)c([C@@H]2[C@@H](N3C(=O)c4c(Cl)c(Cl)c(Cl)c(Cl)c4C3=O)C(=O)N2c2cccc(C(F)(F)F)c2)c1. The van der Waals surface area contributed by atoms with Gasteiger partial charge in [-0.1, -0.05) is 52.5 Å². The molecule has 0 aromatic heterocycles. The zero-order valence-electron chi connectivity index (χ0n) is 20.3. The molecule has 40 heavy (non-hydrogen) atoms. The van der Waals surface area contributed by atoms with Crippen LogP contribution in [-0.4, -0.2) is 42.9 Å². The van der Waals surface area contributed by atoms with Crippen molar-refractivity contribution >= 4 is 69.8 Å². The number of fused-ring (bicyclic) bond motifs is 1. The van der Waals surface area contributed by atoms with E-state index in [1.54, 1.807) is 6.07 Å². The van der Waals surface area contributed by atoms with E-state index in [4.69, 9.17) is 55.9 Å². The quantitative estimate of drug-likeness (QED) is 0.130. The average Bonchev–Trinajstić information content (AvgIpc) is 3.18. The Labute approximate surface area is 244 Å². The molecular weight excluding hydrogens is 619 g/mol. The molecule has 208 valence electrons. The van der Waals surface area contributed by atoms with Gasteiger partial charge in [-0.05, 0) is 36.4 Å². The maximum atomic E-state index is 13.7. The first-order valence-electron chi connectivity index (χ1n) is 11.3. The van der Waals surface area contributed by atoms with Gasteiger partial charge in [0.25, 0.3) is 17.7 Å². The van der Waals surface area contributed by atoms with Crippen molar-refractivity contribution in [3.8, 4) is 11.5 Å². The minimum absolute atomic E-state index is 0.121. The summed E-state index contributed by atoms with van der Waals surface area (Å²) in [5.41, 5.74) is -1.54. The molecule has 0 spiro atoms. The summed E-state index contributed by atoms with van der Waals surface area (Å²) < 4.78 is 51.3. The monoisotopic (exact) mass is 632 g/mol. The summed E-state index contributed by atoms with van der Waals surface area (Å²) in [4.78, 5) is 42.6. The Morgan fingerprint density at radius 2 is 1.35 bits per heavy atom. The minimum atomic E-state index is -4.69. The first-order chi connectivity index (χ1) is 18.8. The average molecular weight is 634 g/mol. The van der Waals surface area contributed by atoms with Crippen molar-refractivity contribution in [1.82, 2.24) is 4.90 Å². The number of hydrogen-bond donors (Lipinski definition) is 0. The third-order valence-corrected chi connectivity index (χ3v) is 8.49. The summed E-state index contributed by atoms with van der Waals surface area (Å²) in [7, 11) is 2.74. The van der Waals surface area contributed by atoms with Gasteiger partial charge < -0.3 is 14.4 Å². The molecular formula is C26H15Cl4F3N2O5. The number of β-lactam (4-membered cyclic amide) rings is 1. The largest absolute Gasteiger partial charge is 0.497 e. The fourth-order valence-corrected chi connectivity index (χ4v) is 5.86. The van der Waals surface area contributed by atoms with E-state index in [0.717, 1.165) is 23.1 Å². The highest BCUT2D eigenvalue weighted by molar-refractivity contribution is 6.55. The van der Waals surface area contributed by atoms with E-state index in [-0.39, 0.29) is 48.2 Å². The number of alkyl halides is 3. The molecule has 0 aliphatic carbocycles. The van der Waals surface area contributed by atoms with Gasteiger partial charge in [-0.15, -0.1) is 0 Å². The van der Waals surface area contributed by atoms with Gasteiger partial charge in [-0.25, -0.2) is 0 Å². The van der Waals surface area contributed by atoms with Crippen molar-refractivity contribution in [2.75, 3.05) is 19.1 Å². The highest BCUT2D eigenvalue weighted by Crippen LogP contribution is 2.51. The number of nitrogens with zero attached hydrogens (tertiary/aromatic N) is 2. The zero-order chi connectivity index (χ0) is 29.3. The Balaban J connectivity index is 1.69. The van der Waals surface area contributed by atoms with Crippen molar-refractivity contribution in [2.45, 2.75) is 18.3 Å². The number of anilines is 1. The summed E-state index contributed by atoms with van der Waals surface area (Å²) >= 11 is 24.7. The topological polar surface area (TPSA) is 76.1 Å². The van der Waals surface area contributed by atoms with E-state index in [0.29, 0.717) is 10.6 Å². The number of rotatable bonds is 5. The van der Waals surface area contributed by atoms with E-state index >= 15 is 0 Å². The molecule has 3 aromatic rings. The molecule has 3 amide bonds. The van der Waals surface area contributed by atoms with Crippen LogP contribution in [0.5, 0.6) is 11.5 Å². The van der Waals surface area contributed by atoms with Crippen LogP contribution in [0.3, 0.4) is 0 Å². The third-order valence-electron chi connectivity index (χ3n) is 6.69. The molecule has 2 atom stereocenters. The van der Waals surface area contributed by atoms with Gasteiger partial charge in [0, 0.05) is 11.3 Å². The van der Waals surface area contributed by atoms with E-state index in [9.17, 15) is 27.6 Å². The molecule has 1 fully saturated rings. The van der Waals surface area contributed by atoms with Gasteiger partial charge in [0.1, 0.15) is 17.5 Å². The zero-order valence-corrected chi connectivity index (χ0v) is 23.3. The van der Waals surface area contributed by atoms with Crippen molar-refractivity contribution < 1.29 is 37.0 Å². The van der Waals surface area contributed by atoms with Crippen LogP contribution in [0.1, 0.15) is 37.9 Å². The summed E-state index contributed by atoms with van der Waals surface area (Å²) in [5.74, 6) is -2.24. The molecule has 7 nitrogen and oxygen atoms in total. The molecule has 2 heterocycles. The third kappa shape index (κ3) is 4.16. The lowest BCUT2D eigenvalue weighted by Gasteiger charge is -2.50. The molecule has 5 rings (SSSR count). The molecule has 0 saturated carbocycles. The standard InChI is InChI=1S/C26H15Cl4F3N2O5/c1-39-12-6-7-14(40-2)13(9-12)21-22(25(38)34(21)11-5-3-4-10(8-11)26(31,32)33)35-23(36)15-16(24(35)37)18(28)20(30)19(29)17(15)27/h3-9,21-22H,1-2H3/t21-,22-/m1/s1. The Morgan fingerprint density at radius 3 is 1.88 bits per heavy atom. The van der Waals surface area contributed by atoms with Crippen LogP contribution in [0.15, 0.2) is 42.5 Å². The summed E-state index contributed by atoms with van der Waals surface area (Å²) in [6.07, 6.45) is -4.69.